The molecule has 1 N–H and O–H groups in total. The first-order valence-corrected chi connectivity index (χ1v) is 10.4. The number of hydrogen-bond acceptors (Lipinski definition) is 4. The molecule has 1 aliphatic rings. The first-order chi connectivity index (χ1) is 16.0. The van der Waals surface area contributed by atoms with Gasteiger partial charge >= 0.3 is 11.9 Å². The highest BCUT2D eigenvalue weighted by atomic mass is 19.4. The van der Waals surface area contributed by atoms with Gasteiger partial charge in [-0.15, -0.1) is 0 Å². The highest BCUT2D eigenvalue weighted by Gasteiger charge is 2.39. The predicted molar refractivity (Wildman–Crippen MR) is 115 cm³/mol. The van der Waals surface area contributed by atoms with Crippen molar-refractivity contribution >= 4 is 11.4 Å². The highest BCUT2D eigenvalue weighted by molar-refractivity contribution is 5.54. The van der Waals surface area contributed by atoms with E-state index in [9.17, 15) is 32.1 Å². The summed E-state index contributed by atoms with van der Waals surface area (Å²) in [7, 11) is 0. The van der Waals surface area contributed by atoms with Crippen molar-refractivity contribution in [3.63, 3.8) is 0 Å². The number of nitrogens with one attached hydrogen (secondary N) is 1. The molecule has 1 saturated carbocycles. The summed E-state index contributed by atoms with van der Waals surface area (Å²) < 4.78 is 74.5. The number of halogens is 5. The smallest absolute Gasteiger partial charge is 0.416 e. The maximum Gasteiger partial charge on any atom is 0.416 e. The number of benzene rings is 3. The molecular weight excluding hydrogens is 459 g/mol. The lowest BCUT2D eigenvalue weighted by Gasteiger charge is -2.20. The molecule has 0 bridgehead atoms. The second-order valence-electron chi connectivity index (χ2n) is 8.11. The van der Waals surface area contributed by atoms with Gasteiger partial charge in [0, 0.05) is 23.9 Å². The minimum Gasteiger partial charge on any atom is -0.457 e. The summed E-state index contributed by atoms with van der Waals surface area (Å²) in [6.07, 6.45) is -3.32. The summed E-state index contributed by atoms with van der Waals surface area (Å²) in [5.74, 6) is -1.31. The Hall–Kier alpha value is -3.69. The van der Waals surface area contributed by atoms with Crippen molar-refractivity contribution in [2.24, 2.45) is 0 Å². The van der Waals surface area contributed by atoms with Crippen LogP contribution in [0.1, 0.15) is 41.0 Å². The Morgan fingerprint density at radius 1 is 1.06 bits per heavy atom. The summed E-state index contributed by atoms with van der Waals surface area (Å²) in [5, 5.41) is 13.8. The Morgan fingerprint density at radius 2 is 1.79 bits per heavy atom. The predicted octanol–water partition coefficient (Wildman–Crippen LogP) is 7.48. The normalized spacial score (nSPS) is 13.6. The van der Waals surface area contributed by atoms with Crippen LogP contribution in [0.2, 0.25) is 0 Å². The topological polar surface area (TPSA) is 64.4 Å². The van der Waals surface area contributed by atoms with Crippen LogP contribution >= 0.6 is 0 Å². The molecule has 10 heteroatoms. The van der Waals surface area contributed by atoms with Crippen molar-refractivity contribution in [2.75, 3.05) is 5.32 Å². The number of nitro groups is 1. The van der Waals surface area contributed by atoms with Gasteiger partial charge in [0.1, 0.15) is 17.3 Å². The lowest BCUT2D eigenvalue weighted by Crippen LogP contribution is -2.12. The van der Waals surface area contributed by atoms with Crippen molar-refractivity contribution in [1.82, 2.24) is 0 Å². The molecule has 3 aromatic carbocycles. The van der Waals surface area contributed by atoms with Crippen LogP contribution < -0.4 is 10.1 Å². The number of anilines is 1. The molecule has 0 radical (unpaired) electrons. The third-order valence-electron chi connectivity index (χ3n) is 5.54. The second kappa shape index (κ2) is 8.92. The van der Waals surface area contributed by atoms with E-state index >= 15 is 0 Å². The van der Waals surface area contributed by atoms with E-state index < -0.39 is 34.0 Å². The molecule has 0 saturated heterocycles. The van der Waals surface area contributed by atoms with Gasteiger partial charge in [0.25, 0.3) is 0 Å². The molecule has 0 amide bonds. The third kappa shape index (κ3) is 5.11. The van der Waals surface area contributed by atoms with E-state index in [1.54, 1.807) is 6.92 Å². The zero-order valence-electron chi connectivity index (χ0n) is 17.9. The van der Waals surface area contributed by atoms with Crippen molar-refractivity contribution in [1.29, 1.82) is 0 Å². The standard InChI is InChI=1S/C24H19F5N2O3/c1-13-8-16(25)4-7-22(13)34-23-11-18(14-2-3-14)19(24(27,28)29)9-15(23)12-30-17-5-6-20(26)21(10-17)31(32)33/h4-11,14,30H,2-3,12H2,1H3. The molecule has 178 valence electrons. The van der Waals surface area contributed by atoms with Crippen molar-refractivity contribution in [2.45, 2.75) is 38.4 Å². The average Bonchev–Trinajstić information content (AvgIpc) is 3.59. The molecule has 0 aliphatic heterocycles. The van der Waals surface area contributed by atoms with Gasteiger partial charge in [0.05, 0.1) is 10.5 Å². The summed E-state index contributed by atoms with van der Waals surface area (Å²) in [6.45, 7) is 1.42. The van der Waals surface area contributed by atoms with Crippen LogP contribution in [0.4, 0.5) is 33.3 Å². The summed E-state index contributed by atoms with van der Waals surface area (Å²) >= 11 is 0. The fourth-order valence-electron chi connectivity index (χ4n) is 3.66. The summed E-state index contributed by atoms with van der Waals surface area (Å²) in [4.78, 5) is 10.1. The van der Waals surface area contributed by atoms with Gasteiger partial charge in [0.2, 0.25) is 5.82 Å². The Morgan fingerprint density at radius 3 is 2.41 bits per heavy atom. The SMILES string of the molecule is Cc1cc(F)ccc1Oc1cc(C2CC2)c(C(F)(F)F)cc1CNc1ccc(F)c([N+](=O)[O-])c1. The fraction of sp³-hybridized carbons (Fsp3) is 0.250. The molecule has 0 spiro atoms. The Bertz CT molecular complexity index is 1260. The van der Waals surface area contributed by atoms with Crippen LogP contribution in [-0.4, -0.2) is 4.92 Å². The number of nitrogens with zero attached hydrogens (tertiary/aromatic N) is 1. The van der Waals surface area contributed by atoms with Gasteiger partial charge < -0.3 is 10.1 Å². The largest absolute Gasteiger partial charge is 0.457 e. The van der Waals surface area contributed by atoms with Gasteiger partial charge in [0.15, 0.2) is 0 Å². The van der Waals surface area contributed by atoms with Crippen LogP contribution in [0.5, 0.6) is 11.5 Å². The zero-order valence-corrected chi connectivity index (χ0v) is 17.9. The van der Waals surface area contributed by atoms with Gasteiger partial charge in [-0.25, -0.2) is 4.39 Å². The number of alkyl halides is 3. The molecule has 1 aliphatic carbocycles. The van der Waals surface area contributed by atoms with E-state index in [0.29, 0.717) is 18.4 Å². The van der Waals surface area contributed by atoms with E-state index in [0.717, 1.165) is 18.2 Å². The second-order valence-corrected chi connectivity index (χ2v) is 8.11. The zero-order chi connectivity index (χ0) is 24.6. The number of rotatable bonds is 7. The molecule has 1 fully saturated rings. The van der Waals surface area contributed by atoms with Gasteiger partial charge in [-0.05, 0) is 79.3 Å². The number of ether oxygens (including phenoxy) is 1. The van der Waals surface area contributed by atoms with Crippen molar-refractivity contribution in [3.8, 4) is 11.5 Å². The maximum absolute atomic E-state index is 13.8. The first-order valence-electron chi connectivity index (χ1n) is 10.4. The Labute approximate surface area is 191 Å². The number of nitro benzene ring substituents is 1. The summed E-state index contributed by atoms with van der Waals surface area (Å²) in [6, 6.07) is 9.27. The lowest BCUT2D eigenvalue weighted by molar-refractivity contribution is -0.387. The van der Waals surface area contributed by atoms with Crippen LogP contribution in [0.15, 0.2) is 48.5 Å². The molecule has 0 atom stereocenters. The number of aryl methyl sites for hydroxylation is 1. The highest BCUT2D eigenvalue weighted by Crippen LogP contribution is 2.48. The Balaban J connectivity index is 1.73. The lowest BCUT2D eigenvalue weighted by atomic mass is 9.98. The third-order valence-corrected chi connectivity index (χ3v) is 5.54. The average molecular weight is 478 g/mol. The minimum atomic E-state index is -4.59. The number of hydrogen-bond donors (Lipinski definition) is 1. The summed E-state index contributed by atoms with van der Waals surface area (Å²) in [5.41, 5.74) is -0.669. The monoisotopic (exact) mass is 478 g/mol. The molecule has 0 heterocycles. The quantitative estimate of drug-likeness (QED) is 0.217. The van der Waals surface area contributed by atoms with Gasteiger partial charge in [-0.1, -0.05) is 0 Å². The maximum atomic E-state index is 13.8. The molecule has 4 rings (SSSR count). The molecule has 5 nitrogen and oxygen atoms in total. The van der Waals surface area contributed by atoms with E-state index in [4.69, 9.17) is 4.74 Å². The van der Waals surface area contributed by atoms with Gasteiger partial charge in [-0.2, -0.15) is 17.6 Å². The van der Waals surface area contributed by atoms with E-state index in [2.05, 4.69) is 5.32 Å². The molecule has 0 unspecified atom stereocenters. The van der Waals surface area contributed by atoms with E-state index in [1.807, 2.05) is 0 Å². The fourth-order valence-corrected chi connectivity index (χ4v) is 3.66. The van der Waals surface area contributed by atoms with E-state index in [-0.39, 0.29) is 40.8 Å². The molecular formula is C24H19F5N2O3. The van der Waals surface area contributed by atoms with Crippen LogP contribution in [0.3, 0.4) is 0 Å². The van der Waals surface area contributed by atoms with Gasteiger partial charge in [-0.3, -0.25) is 10.1 Å². The van der Waals surface area contributed by atoms with Crippen LogP contribution in [0, 0.1) is 28.7 Å². The van der Waals surface area contributed by atoms with Crippen molar-refractivity contribution < 1.29 is 31.6 Å². The van der Waals surface area contributed by atoms with E-state index in [1.165, 1.54) is 30.3 Å². The molecule has 0 aromatic heterocycles. The Kier molecular flexibility index (Phi) is 6.16. The van der Waals surface area contributed by atoms with Crippen LogP contribution in [0.25, 0.3) is 0 Å². The molecule has 3 aromatic rings. The van der Waals surface area contributed by atoms with Crippen molar-refractivity contribution in [3.05, 3.63) is 92.5 Å². The van der Waals surface area contributed by atoms with Crippen LogP contribution in [-0.2, 0) is 12.7 Å². The first kappa shape index (κ1) is 23.5. The minimum absolute atomic E-state index is 0.128. The molecule has 34 heavy (non-hydrogen) atoms.